The van der Waals surface area contributed by atoms with Crippen LogP contribution in [0, 0.1) is 5.92 Å². The average molecular weight is 449 g/mol. The third-order valence-corrected chi connectivity index (χ3v) is 4.82. The maximum atomic E-state index is 12.1. The number of carbonyl (C=O) groups excluding carboxylic acids is 3. The van der Waals surface area contributed by atoms with Crippen LogP contribution in [0.15, 0.2) is 24.3 Å². The van der Waals surface area contributed by atoms with Crippen molar-refractivity contribution in [2.45, 2.75) is 64.6 Å². The molecule has 1 aliphatic carbocycles. The summed E-state index contributed by atoms with van der Waals surface area (Å²) < 4.78 is 15.7. The van der Waals surface area contributed by atoms with Crippen LogP contribution in [0.4, 0.5) is 4.79 Å². The summed E-state index contributed by atoms with van der Waals surface area (Å²) in [4.78, 5) is 35.9. The van der Waals surface area contributed by atoms with Gasteiger partial charge in [-0.25, -0.2) is 4.79 Å². The van der Waals surface area contributed by atoms with Crippen molar-refractivity contribution < 1.29 is 58.2 Å². The van der Waals surface area contributed by atoms with Crippen LogP contribution in [0.3, 0.4) is 0 Å². The molecule has 1 atom stereocenters. The Morgan fingerprint density at radius 2 is 1.80 bits per heavy atom. The molecule has 1 amide bonds. The second-order valence-electron chi connectivity index (χ2n) is 7.00. The average Bonchev–Trinajstić information content (AvgIpc) is 3.22. The third-order valence-electron chi connectivity index (χ3n) is 4.57. The number of benzene rings is 1. The number of hydrogen-bond acceptors (Lipinski definition) is 6. The number of alkyl carbamates (subject to hydrolysis) is 1. The zero-order valence-corrected chi connectivity index (χ0v) is 20.4. The van der Waals surface area contributed by atoms with E-state index in [2.05, 4.69) is 5.32 Å². The van der Waals surface area contributed by atoms with Crippen molar-refractivity contribution in [1.29, 1.82) is 0 Å². The summed E-state index contributed by atoms with van der Waals surface area (Å²) in [7, 11) is 0. The molecule has 0 saturated heterocycles. The molecular formula is C21H28ClNNaO6+. The first-order chi connectivity index (χ1) is 14.0. The zero-order chi connectivity index (χ0) is 21.1. The quantitative estimate of drug-likeness (QED) is 0.192. The molecule has 0 aliphatic heterocycles. The monoisotopic (exact) mass is 448 g/mol. The van der Waals surface area contributed by atoms with Crippen molar-refractivity contribution in [3.8, 4) is 5.75 Å². The summed E-state index contributed by atoms with van der Waals surface area (Å²) in [6, 6.07) is 6.48. The number of rotatable bonds is 10. The molecule has 1 saturated carbocycles. The molecule has 2 rings (SSSR count). The topological polar surface area (TPSA) is 90.9 Å². The molecule has 9 heteroatoms. The largest absolute Gasteiger partial charge is 1.00 e. The van der Waals surface area contributed by atoms with Gasteiger partial charge in [-0.3, -0.25) is 9.59 Å². The predicted octanol–water partition coefficient (Wildman–Crippen LogP) is 1.62. The molecule has 1 N–H and O–H groups in total. The first-order valence-electron chi connectivity index (χ1n) is 10.1. The van der Waals surface area contributed by atoms with Crippen LogP contribution in [-0.4, -0.2) is 30.9 Å². The summed E-state index contributed by atoms with van der Waals surface area (Å²) >= 11 is 5.78. The number of halogens is 1. The first-order valence-corrected chi connectivity index (χ1v) is 10.5. The Hall–Kier alpha value is -1.28. The van der Waals surface area contributed by atoms with Gasteiger partial charge in [-0.05, 0) is 49.9 Å². The molecule has 0 heterocycles. The SMILES string of the molecule is CCCC(OC(=O)NCCCC(=O)Oc1ccc(Cl)cc1)OC(=O)C1CCCC1.[Na+]. The smallest absolute Gasteiger partial charge is 0.427 e. The van der Waals surface area contributed by atoms with Gasteiger partial charge >= 0.3 is 47.6 Å². The van der Waals surface area contributed by atoms with Crippen molar-refractivity contribution >= 4 is 29.6 Å². The molecule has 160 valence electrons. The first kappa shape index (κ1) is 26.8. The number of esters is 2. The van der Waals surface area contributed by atoms with Gasteiger partial charge in [-0.15, -0.1) is 0 Å². The molecule has 0 spiro atoms. The van der Waals surface area contributed by atoms with Gasteiger partial charge in [0.25, 0.3) is 0 Å². The van der Waals surface area contributed by atoms with E-state index in [0.717, 1.165) is 25.7 Å². The van der Waals surface area contributed by atoms with Crippen molar-refractivity contribution in [1.82, 2.24) is 5.32 Å². The fraction of sp³-hybridized carbons (Fsp3) is 0.571. The summed E-state index contributed by atoms with van der Waals surface area (Å²) in [5, 5.41) is 3.12. The Bertz CT molecular complexity index is 679. The van der Waals surface area contributed by atoms with E-state index in [9.17, 15) is 14.4 Å². The van der Waals surface area contributed by atoms with Crippen molar-refractivity contribution in [2.75, 3.05) is 6.54 Å². The molecule has 7 nitrogen and oxygen atoms in total. The Morgan fingerprint density at radius 1 is 1.13 bits per heavy atom. The Balaban J connectivity index is 0.00000450. The van der Waals surface area contributed by atoms with Crippen LogP contribution >= 0.6 is 11.6 Å². The summed E-state index contributed by atoms with van der Waals surface area (Å²) in [6.45, 7) is 2.16. The third kappa shape index (κ3) is 10.2. The molecule has 1 unspecified atom stereocenters. The minimum atomic E-state index is -0.886. The van der Waals surface area contributed by atoms with Crippen LogP contribution in [0.5, 0.6) is 5.75 Å². The summed E-state index contributed by atoms with van der Waals surface area (Å²) in [5.74, 6) is -0.374. The molecule has 0 radical (unpaired) electrons. The maximum Gasteiger partial charge on any atom is 1.00 e. The van der Waals surface area contributed by atoms with Gasteiger partial charge in [0.1, 0.15) is 5.75 Å². The van der Waals surface area contributed by atoms with Gasteiger partial charge in [-0.1, -0.05) is 31.4 Å². The molecular weight excluding hydrogens is 421 g/mol. The molecule has 1 fully saturated rings. The number of ether oxygens (including phenoxy) is 3. The number of nitrogens with one attached hydrogen (secondary N) is 1. The van der Waals surface area contributed by atoms with E-state index >= 15 is 0 Å². The van der Waals surface area contributed by atoms with E-state index in [1.54, 1.807) is 24.3 Å². The van der Waals surface area contributed by atoms with Crippen molar-refractivity contribution in [3.63, 3.8) is 0 Å². The van der Waals surface area contributed by atoms with E-state index in [1.165, 1.54) is 0 Å². The Kier molecular flexibility index (Phi) is 13.1. The molecule has 30 heavy (non-hydrogen) atoms. The number of carbonyl (C=O) groups is 3. The Morgan fingerprint density at radius 3 is 2.43 bits per heavy atom. The van der Waals surface area contributed by atoms with Gasteiger partial charge in [0.2, 0.25) is 6.29 Å². The van der Waals surface area contributed by atoms with Crippen LogP contribution in [0.1, 0.15) is 58.3 Å². The van der Waals surface area contributed by atoms with Gasteiger partial charge < -0.3 is 19.5 Å². The summed E-state index contributed by atoms with van der Waals surface area (Å²) in [6.07, 6.45) is 3.84. The second kappa shape index (κ2) is 14.7. The number of hydrogen-bond donors (Lipinski definition) is 1. The van der Waals surface area contributed by atoms with E-state index < -0.39 is 18.4 Å². The molecule has 0 bridgehead atoms. The normalized spacial score (nSPS) is 14.3. The Labute approximate surface area is 204 Å². The van der Waals surface area contributed by atoms with E-state index in [0.29, 0.717) is 30.0 Å². The van der Waals surface area contributed by atoms with Crippen LogP contribution in [-0.2, 0) is 19.1 Å². The van der Waals surface area contributed by atoms with E-state index in [-0.39, 0.29) is 54.4 Å². The minimum absolute atomic E-state index is 0. The van der Waals surface area contributed by atoms with Crippen molar-refractivity contribution in [3.05, 3.63) is 29.3 Å². The second-order valence-corrected chi connectivity index (χ2v) is 7.44. The standard InChI is InChI=1S/C21H28ClNO6.Na/c1-2-6-19(28-20(25)15-7-3-4-8-15)29-21(26)23-14-5-9-18(24)27-17-12-10-16(22)11-13-17;/h10-13,15,19H,2-9,14H2,1H3,(H,23,26);/q;+1. The molecule has 1 aliphatic rings. The fourth-order valence-electron chi connectivity index (χ4n) is 3.03. The molecule has 1 aromatic carbocycles. The van der Waals surface area contributed by atoms with E-state index in [4.69, 9.17) is 25.8 Å². The van der Waals surface area contributed by atoms with Gasteiger partial charge in [-0.2, -0.15) is 0 Å². The molecule has 0 aromatic heterocycles. The van der Waals surface area contributed by atoms with Crippen LogP contribution in [0.2, 0.25) is 5.02 Å². The van der Waals surface area contributed by atoms with Crippen LogP contribution < -0.4 is 39.6 Å². The fourth-order valence-corrected chi connectivity index (χ4v) is 3.16. The number of amides is 1. The van der Waals surface area contributed by atoms with Gasteiger partial charge in [0.15, 0.2) is 0 Å². The summed E-state index contributed by atoms with van der Waals surface area (Å²) in [5.41, 5.74) is 0. The minimum Gasteiger partial charge on any atom is -0.427 e. The van der Waals surface area contributed by atoms with Crippen LogP contribution in [0.25, 0.3) is 0 Å². The van der Waals surface area contributed by atoms with E-state index in [1.807, 2.05) is 6.92 Å². The van der Waals surface area contributed by atoms with Crippen molar-refractivity contribution in [2.24, 2.45) is 5.92 Å². The molecule has 1 aromatic rings. The van der Waals surface area contributed by atoms with Gasteiger partial charge in [0, 0.05) is 24.4 Å². The maximum absolute atomic E-state index is 12.1. The van der Waals surface area contributed by atoms with Gasteiger partial charge in [0.05, 0.1) is 5.92 Å². The zero-order valence-electron chi connectivity index (χ0n) is 17.7. The predicted molar refractivity (Wildman–Crippen MR) is 108 cm³/mol.